The Morgan fingerprint density at radius 1 is 1.21 bits per heavy atom. The highest BCUT2D eigenvalue weighted by Crippen LogP contribution is 2.25. The molecule has 0 aliphatic carbocycles. The number of anilines is 2. The van der Waals surface area contributed by atoms with Crippen molar-refractivity contribution in [1.82, 2.24) is 9.88 Å². The maximum absolute atomic E-state index is 14.2. The summed E-state index contributed by atoms with van der Waals surface area (Å²) in [6, 6.07) is 4.47. The van der Waals surface area contributed by atoms with Crippen molar-refractivity contribution < 1.29 is 18.8 Å². The van der Waals surface area contributed by atoms with E-state index in [0.29, 0.717) is 0 Å². The fourth-order valence-electron chi connectivity index (χ4n) is 2.49. The molecular formula is C15H11FN4O4. The van der Waals surface area contributed by atoms with Crippen LogP contribution in [-0.2, 0) is 4.79 Å². The summed E-state index contributed by atoms with van der Waals surface area (Å²) in [6.45, 7) is 1.27. The monoisotopic (exact) mass is 330 g/mol. The number of nitrogens with two attached hydrogens (primary N) is 1. The van der Waals surface area contributed by atoms with Crippen LogP contribution in [0, 0.1) is 5.82 Å². The van der Waals surface area contributed by atoms with Crippen LogP contribution < -0.4 is 21.9 Å². The van der Waals surface area contributed by atoms with Crippen molar-refractivity contribution in [3.8, 4) is 5.69 Å². The largest absolute Gasteiger partial charge is 0.384 e. The van der Waals surface area contributed by atoms with Crippen LogP contribution in [-0.4, -0.2) is 22.3 Å². The number of nitrogens with zero attached hydrogens (tertiary/aromatic N) is 1. The molecule has 0 fully saturated rings. The number of hydrogen-bond donors (Lipinski definition) is 3. The van der Waals surface area contributed by atoms with Crippen LogP contribution >= 0.6 is 0 Å². The molecule has 3 amide bonds. The Kier molecular flexibility index (Phi) is 3.40. The number of hydrogen-bond acceptors (Lipinski definition) is 5. The van der Waals surface area contributed by atoms with Gasteiger partial charge in [-0.3, -0.25) is 29.1 Å². The van der Waals surface area contributed by atoms with E-state index in [1.807, 2.05) is 5.32 Å². The van der Waals surface area contributed by atoms with E-state index < -0.39 is 23.2 Å². The van der Waals surface area contributed by atoms with E-state index in [2.05, 4.69) is 5.32 Å². The van der Waals surface area contributed by atoms with E-state index in [0.717, 1.165) is 16.7 Å². The first-order valence-corrected chi connectivity index (χ1v) is 6.78. The number of pyridine rings is 1. The molecule has 1 aliphatic rings. The molecule has 9 heteroatoms. The van der Waals surface area contributed by atoms with Crippen molar-refractivity contribution in [2.75, 3.05) is 11.1 Å². The third-order valence-corrected chi connectivity index (χ3v) is 3.46. The number of nitrogen functional groups attached to an aromatic ring is 1. The van der Waals surface area contributed by atoms with Crippen LogP contribution in [0.5, 0.6) is 0 Å². The van der Waals surface area contributed by atoms with Gasteiger partial charge in [0.05, 0.1) is 16.8 Å². The zero-order valence-electron chi connectivity index (χ0n) is 12.3. The zero-order chi connectivity index (χ0) is 17.6. The third-order valence-electron chi connectivity index (χ3n) is 3.46. The van der Waals surface area contributed by atoms with E-state index >= 15 is 0 Å². The molecule has 0 spiro atoms. The predicted octanol–water partition coefficient (Wildman–Crippen LogP) is 0.401. The fraction of sp³-hybridized carbons (Fsp3) is 0.0667. The molecule has 4 N–H and O–H groups in total. The zero-order valence-corrected chi connectivity index (χ0v) is 12.3. The van der Waals surface area contributed by atoms with Crippen molar-refractivity contribution in [3.63, 3.8) is 0 Å². The molecule has 0 saturated carbocycles. The molecule has 0 unspecified atom stereocenters. The van der Waals surface area contributed by atoms with Gasteiger partial charge in [-0.2, -0.15) is 0 Å². The molecule has 1 aromatic heterocycles. The molecule has 3 rings (SSSR count). The van der Waals surface area contributed by atoms with Crippen molar-refractivity contribution in [1.29, 1.82) is 0 Å². The first-order chi connectivity index (χ1) is 11.3. The SMILES string of the molecule is CC(=O)Nc1ccc(F)c(-n2c(N)c3c(cc2=O)C(=O)NC3=O)c1. The van der Waals surface area contributed by atoms with Crippen LogP contribution in [0.4, 0.5) is 15.9 Å². The van der Waals surface area contributed by atoms with Gasteiger partial charge in [-0.05, 0) is 18.2 Å². The van der Waals surface area contributed by atoms with Gasteiger partial charge in [0.15, 0.2) is 0 Å². The van der Waals surface area contributed by atoms with Gasteiger partial charge < -0.3 is 11.1 Å². The van der Waals surface area contributed by atoms with Crippen molar-refractivity contribution in [3.05, 3.63) is 51.6 Å². The maximum atomic E-state index is 14.2. The molecule has 8 nitrogen and oxygen atoms in total. The number of benzene rings is 1. The second-order valence-electron chi connectivity index (χ2n) is 5.12. The summed E-state index contributed by atoms with van der Waals surface area (Å²) in [5.41, 5.74) is 4.70. The van der Waals surface area contributed by atoms with Crippen molar-refractivity contribution in [2.45, 2.75) is 6.92 Å². The summed E-state index contributed by atoms with van der Waals surface area (Å²) in [4.78, 5) is 46.8. The number of halogens is 1. The van der Waals surface area contributed by atoms with Crippen LogP contribution in [0.1, 0.15) is 27.6 Å². The molecule has 1 aromatic carbocycles. The van der Waals surface area contributed by atoms with Gasteiger partial charge in [0.1, 0.15) is 11.6 Å². The lowest BCUT2D eigenvalue weighted by molar-refractivity contribution is -0.114. The van der Waals surface area contributed by atoms with Gasteiger partial charge in [0.25, 0.3) is 17.4 Å². The number of amides is 3. The Bertz CT molecular complexity index is 980. The van der Waals surface area contributed by atoms with E-state index in [9.17, 15) is 23.6 Å². The topological polar surface area (TPSA) is 123 Å². The molecular weight excluding hydrogens is 319 g/mol. The predicted molar refractivity (Wildman–Crippen MR) is 82.5 cm³/mol. The number of fused-ring (bicyclic) bond motifs is 1. The smallest absolute Gasteiger partial charge is 0.262 e. The van der Waals surface area contributed by atoms with E-state index in [1.54, 1.807) is 0 Å². The normalized spacial score (nSPS) is 12.8. The molecule has 122 valence electrons. The molecule has 0 bridgehead atoms. The average Bonchev–Trinajstić information content (AvgIpc) is 2.76. The lowest BCUT2D eigenvalue weighted by Crippen LogP contribution is -2.25. The van der Waals surface area contributed by atoms with E-state index in [-0.39, 0.29) is 34.2 Å². The van der Waals surface area contributed by atoms with Crippen LogP contribution in [0.3, 0.4) is 0 Å². The van der Waals surface area contributed by atoms with Crippen LogP contribution in [0.2, 0.25) is 0 Å². The van der Waals surface area contributed by atoms with Crippen LogP contribution in [0.25, 0.3) is 5.69 Å². The number of nitrogens with one attached hydrogen (secondary N) is 2. The highest BCUT2D eigenvalue weighted by atomic mass is 19.1. The molecule has 24 heavy (non-hydrogen) atoms. The highest BCUT2D eigenvalue weighted by molar-refractivity contribution is 6.23. The second kappa shape index (κ2) is 5.30. The molecule has 0 saturated heterocycles. The molecule has 1 aliphatic heterocycles. The van der Waals surface area contributed by atoms with Gasteiger partial charge in [0, 0.05) is 18.7 Å². The van der Waals surface area contributed by atoms with Crippen LogP contribution in [0.15, 0.2) is 29.1 Å². The number of aromatic nitrogens is 1. The third kappa shape index (κ3) is 2.32. The van der Waals surface area contributed by atoms with Gasteiger partial charge >= 0.3 is 0 Å². The summed E-state index contributed by atoms with van der Waals surface area (Å²) in [5, 5.41) is 4.47. The van der Waals surface area contributed by atoms with Gasteiger partial charge in [-0.25, -0.2) is 4.39 Å². The first kappa shape index (κ1) is 15.4. The Hall–Kier alpha value is -3.49. The Morgan fingerprint density at radius 3 is 2.58 bits per heavy atom. The molecule has 2 aromatic rings. The summed E-state index contributed by atoms with van der Waals surface area (Å²) in [6.07, 6.45) is 0. The minimum absolute atomic E-state index is 0.155. The van der Waals surface area contributed by atoms with Gasteiger partial charge in [0.2, 0.25) is 5.91 Å². The molecule has 0 atom stereocenters. The maximum Gasteiger partial charge on any atom is 0.262 e. The highest BCUT2D eigenvalue weighted by Gasteiger charge is 2.32. The summed E-state index contributed by atoms with van der Waals surface area (Å²) in [5.74, 6) is -3.03. The fourth-order valence-corrected chi connectivity index (χ4v) is 2.49. The standard InChI is InChI=1S/C15H11FN4O4/c1-6(21)18-7-2-3-9(16)10(4-7)20-11(22)5-8-12(13(20)17)15(24)19-14(8)23/h2-5H,17H2,1H3,(H,18,21)(H,19,23,24). The Morgan fingerprint density at radius 2 is 1.92 bits per heavy atom. The minimum Gasteiger partial charge on any atom is -0.384 e. The Balaban J connectivity index is 2.27. The first-order valence-electron chi connectivity index (χ1n) is 6.78. The summed E-state index contributed by atoms with van der Waals surface area (Å²) in [7, 11) is 0. The van der Waals surface area contributed by atoms with E-state index in [1.165, 1.54) is 19.1 Å². The number of carbonyl (C=O) groups is 3. The lowest BCUT2D eigenvalue weighted by Gasteiger charge is -2.14. The second-order valence-corrected chi connectivity index (χ2v) is 5.12. The minimum atomic E-state index is -0.789. The number of imide groups is 1. The Labute approximate surface area is 134 Å². The number of rotatable bonds is 2. The summed E-state index contributed by atoms with van der Waals surface area (Å²) >= 11 is 0. The van der Waals surface area contributed by atoms with E-state index in [4.69, 9.17) is 5.73 Å². The van der Waals surface area contributed by atoms with Gasteiger partial charge in [-0.15, -0.1) is 0 Å². The average molecular weight is 330 g/mol. The van der Waals surface area contributed by atoms with Crippen molar-refractivity contribution in [2.24, 2.45) is 0 Å². The van der Waals surface area contributed by atoms with Gasteiger partial charge in [-0.1, -0.05) is 0 Å². The number of carbonyl (C=O) groups excluding carboxylic acids is 3. The quantitative estimate of drug-likeness (QED) is 0.688. The van der Waals surface area contributed by atoms with Crippen molar-refractivity contribution >= 4 is 29.2 Å². The molecule has 0 radical (unpaired) electrons. The molecule has 2 heterocycles. The lowest BCUT2D eigenvalue weighted by atomic mass is 10.1. The summed E-state index contributed by atoms with van der Waals surface area (Å²) < 4.78 is 15.0.